The molecule has 0 N–H and O–H groups in total. The van der Waals surface area contributed by atoms with Crippen molar-refractivity contribution in [2.75, 3.05) is 18.8 Å². The fourth-order valence-corrected chi connectivity index (χ4v) is 4.40. The molecule has 0 saturated carbocycles. The van der Waals surface area contributed by atoms with Gasteiger partial charge in [-0.15, -0.1) is 10.2 Å². The van der Waals surface area contributed by atoms with Crippen molar-refractivity contribution in [3.8, 4) is 0 Å². The first-order valence-corrected chi connectivity index (χ1v) is 10.3. The van der Waals surface area contributed by atoms with Gasteiger partial charge in [-0.25, -0.2) is 4.98 Å². The number of para-hydroxylation sites is 2. The molecule has 5 rings (SSSR count). The summed E-state index contributed by atoms with van der Waals surface area (Å²) in [5, 5.41) is 9.03. The first-order chi connectivity index (χ1) is 13.8. The van der Waals surface area contributed by atoms with E-state index in [-0.39, 0.29) is 11.8 Å². The maximum atomic E-state index is 12.6. The Kier molecular flexibility index (Phi) is 4.48. The van der Waals surface area contributed by atoms with Gasteiger partial charge in [-0.05, 0) is 37.1 Å². The van der Waals surface area contributed by atoms with Crippen molar-refractivity contribution in [2.45, 2.75) is 23.9 Å². The summed E-state index contributed by atoms with van der Waals surface area (Å²) in [4.78, 5) is 19.2. The molecule has 0 aliphatic carbocycles. The molecule has 8 heteroatoms. The Bertz CT molecular complexity index is 1100. The zero-order valence-corrected chi connectivity index (χ0v) is 16.0. The van der Waals surface area contributed by atoms with Gasteiger partial charge in [-0.3, -0.25) is 9.20 Å². The number of thioether (sulfide) groups is 1. The second kappa shape index (κ2) is 7.27. The van der Waals surface area contributed by atoms with Crippen LogP contribution in [0, 0.1) is 0 Å². The molecule has 1 aromatic carbocycles. The number of piperidine rings is 1. The minimum absolute atomic E-state index is 0.133. The average molecular weight is 393 g/mol. The highest BCUT2D eigenvalue weighted by atomic mass is 32.2. The van der Waals surface area contributed by atoms with E-state index in [1.165, 1.54) is 11.8 Å². The normalized spacial score (nSPS) is 15.5. The Morgan fingerprint density at radius 2 is 1.93 bits per heavy atom. The third-order valence-electron chi connectivity index (χ3n) is 5.11. The van der Waals surface area contributed by atoms with Crippen LogP contribution in [0.15, 0.2) is 58.2 Å². The molecule has 0 atom stereocenters. The van der Waals surface area contributed by atoms with Gasteiger partial charge in [0.1, 0.15) is 5.52 Å². The van der Waals surface area contributed by atoms with Crippen molar-refractivity contribution in [1.29, 1.82) is 0 Å². The van der Waals surface area contributed by atoms with Gasteiger partial charge < -0.3 is 9.32 Å². The molecule has 3 aromatic heterocycles. The Balaban J connectivity index is 1.19. The van der Waals surface area contributed by atoms with E-state index in [0.29, 0.717) is 5.75 Å². The first-order valence-electron chi connectivity index (χ1n) is 9.34. The number of likely N-dealkylation sites (tertiary alicyclic amines) is 1. The topological polar surface area (TPSA) is 76.5 Å². The van der Waals surface area contributed by atoms with Crippen LogP contribution >= 0.6 is 11.8 Å². The minimum atomic E-state index is 0.133. The van der Waals surface area contributed by atoms with Gasteiger partial charge in [-0.2, -0.15) is 0 Å². The predicted octanol–water partition coefficient (Wildman–Crippen LogP) is 3.37. The SMILES string of the molecule is O=C(CSc1nnc2ccccn12)N1CCC(c2nc3ccccc3o2)CC1. The van der Waals surface area contributed by atoms with Crippen LogP contribution in [0.5, 0.6) is 0 Å². The molecular weight excluding hydrogens is 374 g/mol. The first kappa shape index (κ1) is 17.2. The molecule has 0 bridgehead atoms. The second-order valence-corrected chi connectivity index (χ2v) is 7.82. The largest absolute Gasteiger partial charge is 0.440 e. The number of fused-ring (bicyclic) bond motifs is 2. The van der Waals surface area contributed by atoms with Gasteiger partial charge in [0.05, 0.1) is 5.75 Å². The van der Waals surface area contributed by atoms with Crippen molar-refractivity contribution >= 4 is 34.4 Å². The smallest absolute Gasteiger partial charge is 0.233 e. The zero-order valence-electron chi connectivity index (χ0n) is 15.2. The third-order valence-corrected chi connectivity index (χ3v) is 6.04. The quantitative estimate of drug-likeness (QED) is 0.495. The van der Waals surface area contributed by atoms with Crippen LogP contribution in [0.1, 0.15) is 24.7 Å². The standard InChI is InChI=1S/C20H19N5O2S/c26-18(13-28-20-23-22-17-7-3-4-10-25(17)20)24-11-8-14(9-12-24)19-21-15-5-1-2-6-16(15)27-19/h1-7,10,14H,8-9,11-13H2. The van der Waals surface area contributed by atoms with Crippen LogP contribution in [-0.2, 0) is 4.79 Å². The molecule has 4 heterocycles. The molecule has 1 amide bonds. The number of hydrogen-bond donors (Lipinski definition) is 0. The molecule has 28 heavy (non-hydrogen) atoms. The second-order valence-electron chi connectivity index (χ2n) is 6.87. The minimum Gasteiger partial charge on any atom is -0.440 e. The third kappa shape index (κ3) is 3.24. The molecule has 4 aromatic rings. The number of hydrogen-bond acceptors (Lipinski definition) is 6. The summed E-state index contributed by atoms with van der Waals surface area (Å²) in [7, 11) is 0. The summed E-state index contributed by atoms with van der Waals surface area (Å²) in [5.41, 5.74) is 2.51. The van der Waals surface area contributed by atoms with Crippen molar-refractivity contribution in [3.05, 3.63) is 54.6 Å². The summed E-state index contributed by atoms with van der Waals surface area (Å²) in [6.45, 7) is 1.45. The van der Waals surface area contributed by atoms with E-state index in [4.69, 9.17) is 4.42 Å². The maximum absolute atomic E-state index is 12.6. The highest BCUT2D eigenvalue weighted by molar-refractivity contribution is 7.99. The summed E-state index contributed by atoms with van der Waals surface area (Å²) in [6, 6.07) is 13.6. The number of carbonyl (C=O) groups is 1. The number of carbonyl (C=O) groups excluding carboxylic acids is 1. The summed E-state index contributed by atoms with van der Waals surface area (Å²) < 4.78 is 7.80. The maximum Gasteiger partial charge on any atom is 0.233 e. The average Bonchev–Trinajstić information content (AvgIpc) is 3.36. The van der Waals surface area contributed by atoms with Crippen molar-refractivity contribution in [2.24, 2.45) is 0 Å². The Hall–Kier alpha value is -2.87. The van der Waals surface area contributed by atoms with Crippen LogP contribution in [0.3, 0.4) is 0 Å². The van der Waals surface area contributed by atoms with Gasteiger partial charge in [0.15, 0.2) is 22.3 Å². The van der Waals surface area contributed by atoms with E-state index in [2.05, 4.69) is 15.2 Å². The molecule has 0 radical (unpaired) electrons. The van der Waals surface area contributed by atoms with Gasteiger partial charge in [0, 0.05) is 25.2 Å². The number of pyridine rings is 1. The van der Waals surface area contributed by atoms with Crippen molar-refractivity contribution in [3.63, 3.8) is 0 Å². The molecule has 1 aliphatic rings. The lowest BCUT2D eigenvalue weighted by molar-refractivity contribution is -0.129. The fraction of sp³-hybridized carbons (Fsp3) is 0.300. The van der Waals surface area contributed by atoms with E-state index in [0.717, 1.165) is 53.7 Å². The van der Waals surface area contributed by atoms with Crippen LogP contribution < -0.4 is 0 Å². The van der Waals surface area contributed by atoms with E-state index in [1.54, 1.807) is 0 Å². The lowest BCUT2D eigenvalue weighted by Gasteiger charge is -2.30. The Morgan fingerprint density at radius 3 is 2.79 bits per heavy atom. The highest BCUT2D eigenvalue weighted by Crippen LogP contribution is 2.30. The van der Waals surface area contributed by atoms with E-state index >= 15 is 0 Å². The Labute approximate surface area is 165 Å². The summed E-state index contributed by atoms with van der Waals surface area (Å²) in [5.74, 6) is 1.55. The molecule has 0 spiro atoms. The zero-order chi connectivity index (χ0) is 18.9. The van der Waals surface area contributed by atoms with Gasteiger partial charge in [-0.1, -0.05) is 30.0 Å². The molecule has 1 aliphatic heterocycles. The Morgan fingerprint density at radius 1 is 1.11 bits per heavy atom. The lowest BCUT2D eigenvalue weighted by atomic mass is 9.97. The van der Waals surface area contributed by atoms with Gasteiger partial charge in [0.25, 0.3) is 0 Å². The van der Waals surface area contributed by atoms with E-state index in [1.807, 2.05) is 58.0 Å². The fourth-order valence-electron chi connectivity index (χ4n) is 3.58. The van der Waals surface area contributed by atoms with Crippen molar-refractivity contribution in [1.82, 2.24) is 24.5 Å². The highest BCUT2D eigenvalue weighted by Gasteiger charge is 2.27. The number of aromatic nitrogens is 4. The molecule has 1 saturated heterocycles. The van der Waals surface area contributed by atoms with Gasteiger partial charge in [0.2, 0.25) is 5.91 Å². The molecular formula is C20H19N5O2S. The number of oxazole rings is 1. The number of amides is 1. The molecule has 7 nitrogen and oxygen atoms in total. The summed E-state index contributed by atoms with van der Waals surface area (Å²) >= 11 is 1.43. The van der Waals surface area contributed by atoms with Crippen LogP contribution in [-0.4, -0.2) is 49.2 Å². The van der Waals surface area contributed by atoms with Crippen LogP contribution in [0.2, 0.25) is 0 Å². The molecule has 142 valence electrons. The molecule has 1 fully saturated rings. The molecule has 0 unspecified atom stereocenters. The van der Waals surface area contributed by atoms with E-state index in [9.17, 15) is 4.79 Å². The lowest BCUT2D eigenvalue weighted by Crippen LogP contribution is -2.39. The van der Waals surface area contributed by atoms with Crippen molar-refractivity contribution < 1.29 is 9.21 Å². The number of nitrogens with zero attached hydrogens (tertiary/aromatic N) is 5. The van der Waals surface area contributed by atoms with Gasteiger partial charge >= 0.3 is 0 Å². The number of rotatable bonds is 4. The van der Waals surface area contributed by atoms with E-state index < -0.39 is 0 Å². The summed E-state index contributed by atoms with van der Waals surface area (Å²) in [6.07, 6.45) is 3.65. The van der Waals surface area contributed by atoms with Crippen LogP contribution in [0.4, 0.5) is 0 Å². The monoisotopic (exact) mass is 393 g/mol. The predicted molar refractivity (Wildman–Crippen MR) is 106 cm³/mol. The number of benzene rings is 1. The van der Waals surface area contributed by atoms with Crippen LogP contribution in [0.25, 0.3) is 16.7 Å².